The SMILES string of the molecule is CC[C@@H](C)[n+]1c(C)cc(C=C2Sc3ccccc3N2C)cc1C. The first-order chi connectivity index (χ1) is 11.0. The fourth-order valence-corrected chi connectivity index (χ4v) is 4.40. The number of para-hydroxylation sites is 1. The number of pyridine rings is 1. The second-order valence-electron chi connectivity index (χ2n) is 6.31. The van der Waals surface area contributed by atoms with Crippen LogP contribution in [0.4, 0.5) is 5.69 Å². The van der Waals surface area contributed by atoms with Crippen LogP contribution in [0, 0.1) is 13.8 Å². The van der Waals surface area contributed by atoms with E-state index in [1.54, 1.807) is 0 Å². The number of hydrogen-bond donors (Lipinski definition) is 0. The van der Waals surface area contributed by atoms with E-state index in [1.165, 1.54) is 32.6 Å². The van der Waals surface area contributed by atoms with Gasteiger partial charge in [-0.05, 0) is 30.7 Å². The molecule has 2 aromatic rings. The standard InChI is InChI=1S/C20H25N2S/c1-6-14(2)22-15(3)11-17(12-16(22)4)13-20-21(5)18-9-7-8-10-19(18)23-20/h7-14H,6H2,1-5H3/q+1/t14-/m1/s1. The number of aryl methyl sites for hydroxylation is 2. The Morgan fingerprint density at radius 1 is 1.17 bits per heavy atom. The topological polar surface area (TPSA) is 7.12 Å². The van der Waals surface area contributed by atoms with Gasteiger partial charge < -0.3 is 4.90 Å². The summed E-state index contributed by atoms with van der Waals surface area (Å²) in [7, 11) is 2.15. The van der Waals surface area contributed by atoms with Gasteiger partial charge in [-0.2, -0.15) is 4.57 Å². The monoisotopic (exact) mass is 325 g/mol. The van der Waals surface area contributed by atoms with E-state index in [2.05, 4.69) is 86.7 Å². The van der Waals surface area contributed by atoms with Gasteiger partial charge in [0.1, 0.15) is 0 Å². The number of aromatic nitrogens is 1. The number of thioether (sulfide) groups is 1. The fraction of sp³-hybridized carbons (Fsp3) is 0.350. The quantitative estimate of drug-likeness (QED) is 0.725. The van der Waals surface area contributed by atoms with E-state index in [0.717, 1.165) is 6.42 Å². The molecule has 23 heavy (non-hydrogen) atoms. The molecule has 0 N–H and O–H groups in total. The molecule has 1 aliphatic rings. The summed E-state index contributed by atoms with van der Waals surface area (Å²) in [5, 5.41) is 1.28. The molecule has 120 valence electrons. The van der Waals surface area contributed by atoms with Crippen LogP contribution in [0.25, 0.3) is 6.08 Å². The molecule has 0 saturated carbocycles. The lowest BCUT2D eigenvalue weighted by atomic mass is 10.1. The normalized spacial score (nSPS) is 16.7. The minimum atomic E-state index is 0.546. The Morgan fingerprint density at radius 2 is 1.83 bits per heavy atom. The summed E-state index contributed by atoms with van der Waals surface area (Å²) in [4.78, 5) is 3.61. The molecule has 0 unspecified atom stereocenters. The number of nitrogens with zero attached hydrogens (tertiary/aromatic N) is 2. The summed E-state index contributed by atoms with van der Waals surface area (Å²) in [6.07, 6.45) is 3.45. The number of rotatable bonds is 3. The van der Waals surface area contributed by atoms with Gasteiger partial charge in [0.05, 0.1) is 10.7 Å². The van der Waals surface area contributed by atoms with E-state index in [-0.39, 0.29) is 0 Å². The van der Waals surface area contributed by atoms with Crippen LogP contribution in [-0.2, 0) is 0 Å². The Hall–Kier alpha value is -1.74. The molecule has 0 aliphatic carbocycles. The van der Waals surface area contributed by atoms with Crippen LogP contribution in [0.15, 0.2) is 46.3 Å². The maximum absolute atomic E-state index is 2.43. The molecule has 1 aromatic carbocycles. The molecule has 2 heterocycles. The summed E-state index contributed by atoms with van der Waals surface area (Å²) >= 11 is 1.85. The minimum absolute atomic E-state index is 0.546. The Kier molecular flexibility index (Phi) is 4.49. The average Bonchev–Trinajstić information content (AvgIpc) is 2.83. The third-order valence-corrected chi connectivity index (χ3v) is 5.77. The van der Waals surface area contributed by atoms with Crippen molar-refractivity contribution in [3.8, 4) is 0 Å². The van der Waals surface area contributed by atoms with Crippen molar-refractivity contribution in [3.63, 3.8) is 0 Å². The van der Waals surface area contributed by atoms with Gasteiger partial charge in [-0.15, -0.1) is 0 Å². The van der Waals surface area contributed by atoms with E-state index < -0.39 is 0 Å². The zero-order valence-electron chi connectivity index (χ0n) is 14.6. The zero-order chi connectivity index (χ0) is 16.6. The summed E-state index contributed by atoms with van der Waals surface area (Å²) < 4.78 is 2.43. The highest BCUT2D eigenvalue weighted by Crippen LogP contribution is 2.45. The Bertz CT molecular complexity index is 741. The average molecular weight is 326 g/mol. The molecule has 3 rings (SSSR count). The van der Waals surface area contributed by atoms with Crippen LogP contribution in [0.1, 0.15) is 43.3 Å². The Balaban J connectivity index is 1.96. The fourth-order valence-electron chi connectivity index (χ4n) is 3.29. The van der Waals surface area contributed by atoms with Crippen LogP contribution in [0.2, 0.25) is 0 Å². The van der Waals surface area contributed by atoms with Crippen LogP contribution in [0.3, 0.4) is 0 Å². The largest absolute Gasteiger partial charge is 0.338 e. The van der Waals surface area contributed by atoms with Gasteiger partial charge in [0.15, 0.2) is 17.4 Å². The van der Waals surface area contributed by atoms with Gasteiger partial charge in [-0.1, -0.05) is 30.8 Å². The molecule has 2 nitrogen and oxygen atoms in total. The molecule has 0 bridgehead atoms. The van der Waals surface area contributed by atoms with Gasteiger partial charge in [0.25, 0.3) is 0 Å². The van der Waals surface area contributed by atoms with Crippen molar-refractivity contribution in [2.45, 2.75) is 45.1 Å². The number of hydrogen-bond acceptors (Lipinski definition) is 2. The van der Waals surface area contributed by atoms with Crippen molar-refractivity contribution in [1.82, 2.24) is 0 Å². The van der Waals surface area contributed by atoms with Crippen molar-refractivity contribution in [2.75, 3.05) is 11.9 Å². The number of fused-ring (bicyclic) bond motifs is 1. The predicted octanol–water partition coefficient (Wildman–Crippen LogP) is 5.10. The molecular weight excluding hydrogens is 300 g/mol. The Morgan fingerprint density at radius 3 is 2.43 bits per heavy atom. The second kappa shape index (κ2) is 6.40. The highest BCUT2D eigenvalue weighted by Gasteiger charge is 2.22. The van der Waals surface area contributed by atoms with E-state index in [1.807, 2.05) is 11.8 Å². The van der Waals surface area contributed by atoms with E-state index >= 15 is 0 Å². The van der Waals surface area contributed by atoms with Crippen LogP contribution >= 0.6 is 11.8 Å². The van der Waals surface area contributed by atoms with Gasteiger partial charge in [0.2, 0.25) is 0 Å². The molecule has 1 atom stereocenters. The second-order valence-corrected chi connectivity index (χ2v) is 7.37. The highest BCUT2D eigenvalue weighted by molar-refractivity contribution is 8.03. The van der Waals surface area contributed by atoms with Gasteiger partial charge in [-0.3, -0.25) is 0 Å². The predicted molar refractivity (Wildman–Crippen MR) is 99.8 cm³/mol. The summed E-state index contributed by atoms with van der Waals surface area (Å²) in [6, 6.07) is 13.7. The van der Waals surface area contributed by atoms with Crippen molar-refractivity contribution in [1.29, 1.82) is 0 Å². The van der Waals surface area contributed by atoms with Crippen LogP contribution in [0.5, 0.6) is 0 Å². The molecule has 0 saturated heterocycles. The number of benzene rings is 1. The summed E-state index contributed by atoms with van der Waals surface area (Å²) in [5.41, 5.74) is 5.23. The van der Waals surface area contributed by atoms with E-state index in [0.29, 0.717) is 6.04 Å². The maximum Gasteiger partial charge on any atom is 0.179 e. The molecule has 0 amide bonds. The van der Waals surface area contributed by atoms with Gasteiger partial charge in [0, 0.05) is 44.3 Å². The van der Waals surface area contributed by atoms with E-state index in [9.17, 15) is 0 Å². The zero-order valence-corrected chi connectivity index (χ0v) is 15.4. The van der Waals surface area contributed by atoms with Crippen molar-refractivity contribution in [2.24, 2.45) is 0 Å². The van der Waals surface area contributed by atoms with Gasteiger partial charge in [-0.25, -0.2) is 0 Å². The third kappa shape index (κ3) is 3.02. The minimum Gasteiger partial charge on any atom is -0.338 e. The van der Waals surface area contributed by atoms with Crippen molar-refractivity contribution < 1.29 is 4.57 Å². The maximum atomic E-state index is 2.43. The van der Waals surface area contributed by atoms with Crippen molar-refractivity contribution in [3.05, 3.63) is 58.4 Å². The molecular formula is C20H25N2S+. The molecule has 1 aliphatic heterocycles. The Labute approximate surface area is 143 Å². The lowest BCUT2D eigenvalue weighted by molar-refractivity contribution is -0.730. The van der Waals surface area contributed by atoms with E-state index in [4.69, 9.17) is 0 Å². The van der Waals surface area contributed by atoms with Crippen LogP contribution in [-0.4, -0.2) is 7.05 Å². The number of anilines is 1. The first kappa shape index (κ1) is 16.1. The van der Waals surface area contributed by atoms with Gasteiger partial charge >= 0.3 is 0 Å². The molecule has 0 radical (unpaired) electrons. The first-order valence-electron chi connectivity index (χ1n) is 8.26. The molecule has 3 heteroatoms. The molecule has 1 aromatic heterocycles. The summed E-state index contributed by atoms with van der Waals surface area (Å²) in [6.45, 7) is 8.95. The molecule has 0 spiro atoms. The lowest BCUT2D eigenvalue weighted by Gasteiger charge is -2.14. The first-order valence-corrected chi connectivity index (χ1v) is 9.08. The smallest absolute Gasteiger partial charge is 0.179 e. The highest BCUT2D eigenvalue weighted by atomic mass is 32.2. The lowest BCUT2D eigenvalue weighted by Crippen LogP contribution is -2.43. The summed E-state index contributed by atoms with van der Waals surface area (Å²) in [5.74, 6) is 0. The van der Waals surface area contributed by atoms with Crippen LogP contribution < -0.4 is 9.47 Å². The van der Waals surface area contributed by atoms with Crippen molar-refractivity contribution >= 4 is 23.5 Å². The molecule has 0 fully saturated rings. The third-order valence-electron chi connectivity index (χ3n) is 4.60.